The molecule has 1 unspecified atom stereocenters. The quantitative estimate of drug-likeness (QED) is 0.910. The molecule has 2 rings (SSSR count). The Balaban J connectivity index is 2.33. The molecule has 20 heavy (non-hydrogen) atoms. The normalized spacial score (nSPS) is 12.2. The van der Waals surface area contributed by atoms with Crippen LogP contribution in [-0.2, 0) is 0 Å². The molecule has 7 heteroatoms. The van der Waals surface area contributed by atoms with Crippen molar-refractivity contribution in [2.24, 2.45) is 0 Å². The summed E-state index contributed by atoms with van der Waals surface area (Å²) in [6, 6.07) is 4.26. The van der Waals surface area contributed by atoms with Gasteiger partial charge in [0.05, 0.1) is 19.0 Å². The van der Waals surface area contributed by atoms with Gasteiger partial charge < -0.3 is 14.6 Å². The maximum atomic E-state index is 12.3. The summed E-state index contributed by atoms with van der Waals surface area (Å²) in [5, 5.41) is 10.1. The van der Waals surface area contributed by atoms with E-state index in [9.17, 15) is 13.9 Å². The van der Waals surface area contributed by atoms with Gasteiger partial charge in [-0.05, 0) is 17.7 Å². The Morgan fingerprint density at radius 3 is 2.60 bits per heavy atom. The predicted octanol–water partition coefficient (Wildman–Crippen LogP) is 2.17. The lowest BCUT2D eigenvalue weighted by molar-refractivity contribution is -0.0513. The number of alkyl halides is 2. The van der Waals surface area contributed by atoms with E-state index in [1.165, 1.54) is 43.9 Å². The number of methoxy groups -OCH3 is 1. The van der Waals surface area contributed by atoms with E-state index in [-0.39, 0.29) is 11.5 Å². The Morgan fingerprint density at radius 2 is 2.00 bits per heavy atom. The average Bonchev–Trinajstić information content (AvgIpc) is 2.46. The highest BCUT2D eigenvalue weighted by atomic mass is 19.3. The first kappa shape index (κ1) is 14.1. The zero-order valence-corrected chi connectivity index (χ0v) is 10.5. The highest BCUT2D eigenvalue weighted by Crippen LogP contribution is 2.32. The minimum absolute atomic E-state index is 0.150. The van der Waals surface area contributed by atoms with Crippen LogP contribution in [-0.4, -0.2) is 28.8 Å². The zero-order valence-electron chi connectivity index (χ0n) is 10.5. The molecule has 0 aliphatic rings. The lowest BCUT2D eigenvalue weighted by atomic mass is 10.1. The van der Waals surface area contributed by atoms with Crippen molar-refractivity contribution in [3.63, 3.8) is 0 Å². The van der Waals surface area contributed by atoms with E-state index in [1.807, 2.05) is 0 Å². The number of rotatable bonds is 5. The molecule has 0 saturated heterocycles. The van der Waals surface area contributed by atoms with Crippen molar-refractivity contribution in [2.45, 2.75) is 12.7 Å². The van der Waals surface area contributed by atoms with E-state index < -0.39 is 12.7 Å². The maximum Gasteiger partial charge on any atom is 0.387 e. The first-order valence-corrected chi connectivity index (χ1v) is 5.68. The fraction of sp³-hybridized carbons (Fsp3) is 0.231. The van der Waals surface area contributed by atoms with Crippen LogP contribution in [0.15, 0.2) is 36.8 Å². The molecule has 0 amide bonds. The average molecular weight is 282 g/mol. The third-order valence-corrected chi connectivity index (χ3v) is 2.58. The molecule has 5 nitrogen and oxygen atoms in total. The number of aliphatic hydroxyl groups excluding tert-OH is 1. The van der Waals surface area contributed by atoms with Gasteiger partial charge in [-0.25, -0.2) is 0 Å². The van der Waals surface area contributed by atoms with Crippen LogP contribution in [0.4, 0.5) is 8.78 Å². The van der Waals surface area contributed by atoms with Gasteiger partial charge in [0.25, 0.3) is 0 Å². The summed E-state index contributed by atoms with van der Waals surface area (Å²) in [5.74, 6) is 0.00309. The van der Waals surface area contributed by atoms with Gasteiger partial charge in [-0.3, -0.25) is 9.97 Å². The first-order chi connectivity index (χ1) is 9.61. The van der Waals surface area contributed by atoms with Crippen LogP contribution < -0.4 is 9.47 Å². The number of ether oxygens (including phenoxy) is 2. The number of aromatic nitrogens is 2. The molecular weight excluding hydrogens is 270 g/mol. The van der Waals surface area contributed by atoms with Crippen molar-refractivity contribution in [2.75, 3.05) is 7.11 Å². The smallest absolute Gasteiger partial charge is 0.387 e. The third-order valence-electron chi connectivity index (χ3n) is 2.58. The van der Waals surface area contributed by atoms with Crippen LogP contribution in [0.5, 0.6) is 11.5 Å². The van der Waals surface area contributed by atoms with Crippen LogP contribution in [0, 0.1) is 0 Å². The molecule has 0 fully saturated rings. The fourth-order valence-electron chi connectivity index (χ4n) is 1.67. The van der Waals surface area contributed by atoms with Gasteiger partial charge in [0.2, 0.25) is 0 Å². The summed E-state index contributed by atoms with van der Waals surface area (Å²) < 4.78 is 33.9. The second kappa shape index (κ2) is 6.25. The van der Waals surface area contributed by atoms with E-state index in [0.29, 0.717) is 11.3 Å². The monoisotopic (exact) mass is 282 g/mol. The minimum atomic E-state index is -2.98. The molecule has 0 bridgehead atoms. The number of aliphatic hydroxyl groups is 1. The second-order valence-corrected chi connectivity index (χ2v) is 3.82. The number of nitrogens with zero attached hydrogens (tertiary/aromatic N) is 2. The summed E-state index contributed by atoms with van der Waals surface area (Å²) in [6.07, 6.45) is 3.20. The first-order valence-electron chi connectivity index (χ1n) is 5.68. The summed E-state index contributed by atoms with van der Waals surface area (Å²) in [6.45, 7) is -2.98. The summed E-state index contributed by atoms with van der Waals surface area (Å²) >= 11 is 0. The molecule has 0 radical (unpaired) electrons. The van der Waals surface area contributed by atoms with Gasteiger partial charge in [0.15, 0.2) is 11.5 Å². The van der Waals surface area contributed by atoms with Gasteiger partial charge >= 0.3 is 6.61 Å². The zero-order chi connectivity index (χ0) is 14.5. The standard InChI is InChI=1S/C13H12F2N2O3/c1-19-10-3-2-8(6-11(10)20-13(14)15)12(18)9-7-16-4-5-17-9/h2-7,12-13,18H,1H3. The van der Waals surface area contributed by atoms with Gasteiger partial charge in [-0.2, -0.15) is 8.78 Å². The van der Waals surface area contributed by atoms with Crippen molar-refractivity contribution in [3.8, 4) is 11.5 Å². The molecule has 0 saturated carbocycles. The lowest BCUT2D eigenvalue weighted by Crippen LogP contribution is -2.06. The van der Waals surface area contributed by atoms with Gasteiger partial charge in [-0.15, -0.1) is 0 Å². The highest BCUT2D eigenvalue weighted by molar-refractivity contribution is 5.44. The lowest BCUT2D eigenvalue weighted by Gasteiger charge is -2.14. The van der Waals surface area contributed by atoms with Crippen molar-refractivity contribution in [1.29, 1.82) is 0 Å². The molecule has 1 heterocycles. The minimum Gasteiger partial charge on any atom is -0.493 e. The molecule has 0 aliphatic heterocycles. The Kier molecular flexibility index (Phi) is 4.41. The van der Waals surface area contributed by atoms with Crippen molar-refractivity contribution >= 4 is 0 Å². The summed E-state index contributed by atoms with van der Waals surface area (Å²) in [5.41, 5.74) is 0.655. The Bertz CT molecular complexity index is 567. The van der Waals surface area contributed by atoms with Crippen LogP contribution in [0.3, 0.4) is 0 Å². The van der Waals surface area contributed by atoms with E-state index in [4.69, 9.17) is 4.74 Å². The molecule has 0 spiro atoms. The van der Waals surface area contributed by atoms with Crippen LogP contribution in [0.2, 0.25) is 0 Å². The number of hydrogen-bond donors (Lipinski definition) is 1. The maximum absolute atomic E-state index is 12.3. The Labute approximate surface area is 113 Å². The van der Waals surface area contributed by atoms with Crippen LogP contribution in [0.25, 0.3) is 0 Å². The third kappa shape index (κ3) is 3.18. The molecule has 0 aliphatic carbocycles. The van der Waals surface area contributed by atoms with Gasteiger partial charge in [0, 0.05) is 12.4 Å². The molecule has 1 aromatic heterocycles. The highest BCUT2D eigenvalue weighted by Gasteiger charge is 2.17. The SMILES string of the molecule is COc1ccc(C(O)c2cnccn2)cc1OC(F)F. The fourth-order valence-corrected chi connectivity index (χ4v) is 1.67. The molecule has 2 aromatic rings. The summed E-state index contributed by atoms with van der Waals surface area (Å²) in [7, 11) is 1.34. The molecule has 1 aromatic carbocycles. The Hall–Kier alpha value is -2.28. The van der Waals surface area contributed by atoms with Crippen LogP contribution in [0.1, 0.15) is 17.4 Å². The molecular formula is C13H12F2N2O3. The van der Waals surface area contributed by atoms with E-state index in [1.54, 1.807) is 0 Å². The Morgan fingerprint density at radius 1 is 1.20 bits per heavy atom. The topological polar surface area (TPSA) is 64.5 Å². The predicted molar refractivity (Wildman–Crippen MR) is 65.7 cm³/mol. The number of hydrogen-bond acceptors (Lipinski definition) is 5. The number of halogens is 2. The second-order valence-electron chi connectivity index (χ2n) is 3.82. The molecule has 106 valence electrons. The van der Waals surface area contributed by atoms with Gasteiger partial charge in [0.1, 0.15) is 6.10 Å². The van der Waals surface area contributed by atoms with E-state index in [0.717, 1.165) is 0 Å². The molecule has 1 atom stereocenters. The number of benzene rings is 1. The van der Waals surface area contributed by atoms with E-state index in [2.05, 4.69) is 14.7 Å². The largest absolute Gasteiger partial charge is 0.493 e. The molecule has 1 N–H and O–H groups in total. The van der Waals surface area contributed by atoms with Crippen molar-refractivity contribution in [1.82, 2.24) is 9.97 Å². The van der Waals surface area contributed by atoms with Crippen LogP contribution >= 0.6 is 0 Å². The summed E-state index contributed by atoms with van der Waals surface area (Å²) in [4.78, 5) is 7.79. The van der Waals surface area contributed by atoms with Crippen molar-refractivity contribution in [3.05, 3.63) is 48.0 Å². The van der Waals surface area contributed by atoms with E-state index >= 15 is 0 Å². The van der Waals surface area contributed by atoms with Crippen molar-refractivity contribution < 1.29 is 23.4 Å². The van der Waals surface area contributed by atoms with Gasteiger partial charge in [-0.1, -0.05) is 6.07 Å².